The Morgan fingerprint density at radius 3 is 2.75 bits per heavy atom. The summed E-state index contributed by atoms with van der Waals surface area (Å²) in [5.74, 6) is 3.70. The molecule has 1 nitrogen and oxygen atoms in total. The Hall–Kier alpha value is -1.20. The van der Waals surface area contributed by atoms with Crippen LogP contribution in [0.15, 0.2) is 18.2 Å². The standard InChI is InChI=1S/C14H18OSi/c1-5-12-8-6-11-7-9-13(16(2,3)4)10-14(11)15-12/h1,7,9-10,12H,6,8H2,2-4H3. The molecule has 0 saturated carbocycles. The van der Waals surface area contributed by atoms with Gasteiger partial charge < -0.3 is 4.74 Å². The highest BCUT2D eigenvalue weighted by atomic mass is 28.3. The van der Waals surface area contributed by atoms with E-state index in [4.69, 9.17) is 11.2 Å². The Kier molecular flexibility index (Phi) is 2.81. The lowest BCUT2D eigenvalue weighted by Crippen LogP contribution is -2.38. The largest absolute Gasteiger partial charge is 0.477 e. The molecule has 1 heterocycles. The Bertz CT molecular complexity index is 437. The number of fused-ring (bicyclic) bond motifs is 1. The van der Waals surface area contributed by atoms with Gasteiger partial charge in [0.25, 0.3) is 0 Å². The van der Waals surface area contributed by atoms with Crippen molar-refractivity contribution in [2.45, 2.75) is 38.6 Å². The fourth-order valence-corrected chi connectivity index (χ4v) is 3.10. The Labute approximate surface area is 98.8 Å². The molecule has 0 N–H and O–H groups in total. The van der Waals surface area contributed by atoms with E-state index in [1.165, 1.54) is 10.8 Å². The third-order valence-electron chi connectivity index (χ3n) is 3.06. The molecular formula is C14H18OSi. The second-order valence-electron chi connectivity index (χ2n) is 5.38. The van der Waals surface area contributed by atoms with Crippen LogP contribution in [0, 0.1) is 12.3 Å². The Morgan fingerprint density at radius 1 is 1.38 bits per heavy atom. The first-order valence-corrected chi connectivity index (χ1v) is 9.27. The maximum absolute atomic E-state index is 5.80. The number of ether oxygens (including phenoxy) is 1. The molecule has 1 atom stereocenters. The molecule has 2 rings (SSSR count). The molecule has 16 heavy (non-hydrogen) atoms. The van der Waals surface area contributed by atoms with Crippen LogP contribution in [0.1, 0.15) is 12.0 Å². The van der Waals surface area contributed by atoms with Crippen LogP contribution in [0.5, 0.6) is 5.75 Å². The first kappa shape index (κ1) is 11.3. The van der Waals surface area contributed by atoms with Crippen molar-refractivity contribution in [3.63, 3.8) is 0 Å². The zero-order valence-electron chi connectivity index (χ0n) is 10.2. The zero-order valence-corrected chi connectivity index (χ0v) is 11.2. The number of hydrogen-bond acceptors (Lipinski definition) is 1. The van der Waals surface area contributed by atoms with Gasteiger partial charge in [0.1, 0.15) is 5.75 Å². The molecule has 0 amide bonds. The molecule has 84 valence electrons. The predicted molar refractivity (Wildman–Crippen MR) is 71.0 cm³/mol. The number of aryl methyl sites for hydroxylation is 1. The third kappa shape index (κ3) is 2.15. The Balaban J connectivity index is 2.35. The highest BCUT2D eigenvalue weighted by Crippen LogP contribution is 2.27. The van der Waals surface area contributed by atoms with E-state index in [-0.39, 0.29) is 6.10 Å². The summed E-state index contributed by atoms with van der Waals surface area (Å²) < 4.78 is 5.80. The van der Waals surface area contributed by atoms with Gasteiger partial charge >= 0.3 is 0 Å². The molecule has 0 radical (unpaired) electrons. The highest BCUT2D eigenvalue weighted by Gasteiger charge is 2.22. The lowest BCUT2D eigenvalue weighted by atomic mass is 10.0. The van der Waals surface area contributed by atoms with E-state index in [0.717, 1.165) is 18.6 Å². The summed E-state index contributed by atoms with van der Waals surface area (Å²) in [7, 11) is -1.26. The first-order chi connectivity index (χ1) is 7.50. The second kappa shape index (κ2) is 3.99. The molecule has 0 bridgehead atoms. The molecule has 0 aliphatic carbocycles. The molecule has 0 spiro atoms. The normalized spacial score (nSPS) is 19.5. The minimum Gasteiger partial charge on any atom is -0.477 e. The van der Waals surface area contributed by atoms with Crippen molar-refractivity contribution in [2.75, 3.05) is 0 Å². The fourth-order valence-electron chi connectivity index (χ4n) is 1.95. The third-order valence-corrected chi connectivity index (χ3v) is 5.11. The van der Waals surface area contributed by atoms with Gasteiger partial charge in [-0.2, -0.15) is 0 Å². The van der Waals surface area contributed by atoms with E-state index in [9.17, 15) is 0 Å². The van der Waals surface area contributed by atoms with Gasteiger partial charge in [0, 0.05) is 0 Å². The minimum absolute atomic E-state index is 0.0376. The molecular weight excluding hydrogens is 212 g/mol. The average Bonchev–Trinajstić information content (AvgIpc) is 2.26. The van der Waals surface area contributed by atoms with Crippen LogP contribution in [0.3, 0.4) is 0 Å². The lowest BCUT2D eigenvalue weighted by Gasteiger charge is -2.25. The summed E-state index contributed by atoms with van der Waals surface area (Å²) in [6, 6.07) is 6.66. The summed E-state index contributed by atoms with van der Waals surface area (Å²) in [5.41, 5.74) is 1.30. The fraction of sp³-hybridized carbons (Fsp3) is 0.429. The molecule has 1 aromatic carbocycles. The van der Waals surface area contributed by atoms with Crippen LogP contribution in [0.2, 0.25) is 19.6 Å². The molecule has 1 aromatic rings. The molecule has 2 heteroatoms. The summed E-state index contributed by atoms with van der Waals surface area (Å²) in [6.45, 7) is 7.03. The van der Waals surface area contributed by atoms with Gasteiger partial charge in [-0.1, -0.05) is 42.9 Å². The van der Waals surface area contributed by atoms with Gasteiger partial charge in [0.15, 0.2) is 6.10 Å². The SMILES string of the molecule is C#CC1CCc2ccc([Si](C)(C)C)cc2O1. The highest BCUT2D eigenvalue weighted by molar-refractivity contribution is 6.88. The van der Waals surface area contributed by atoms with Gasteiger partial charge in [0.05, 0.1) is 8.07 Å². The van der Waals surface area contributed by atoms with Crippen molar-refractivity contribution in [1.82, 2.24) is 0 Å². The van der Waals surface area contributed by atoms with E-state index in [0.29, 0.717) is 0 Å². The van der Waals surface area contributed by atoms with Crippen molar-refractivity contribution >= 4 is 13.3 Å². The topological polar surface area (TPSA) is 9.23 Å². The average molecular weight is 230 g/mol. The van der Waals surface area contributed by atoms with Crippen LogP contribution in [-0.2, 0) is 6.42 Å². The van der Waals surface area contributed by atoms with Gasteiger partial charge in [-0.25, -0.2) is 0 Å². The Morgan fingerprint density at radius 2 is 2.12 bits per heavy atom. The van der Waals surface area contributed by atoms with E-state index in [1.807, 2.05) is 0 Å². The van der Waals surface area contributed by atoms with Crippen LogP contribution in [-0.4, -0.2) is 14.2 Å². The molecule has 0 aromatic heterocycles. The maximum atomic E-state index is 5.80. The summed E-state index contributed by atoms with van der Waals surface area (Å²) in [6.07, 6.45) is 7.36. The number of rotatable bonds is 1. The minimum atomic E-state index is -1.26. The quantitative estimate of drug-likeness (QED) is 0.532. The number of terminal acetylenes is 1. The molecule has 0 saturated heterocycles. The number of hydrogen-bond donors (Lipinski definition) is 0. The monoisotopic (exact) mass is 230 g/mol. The van der Waals surface area contributed by atoms with E-state index >= 15 is 0 Å². The van der Waals surface area contributed by atoms with Crippen molar-refractivity contribution in [3.05, 3.63) is 23.8 Å². The van der Waals surface area contributed by atoms with Crippen LogP contribution < -0.4 is 9.92 Å². The van der Waals surface area contributed by atoms with E-state index in [2.05, 4.69) is 43.8 Å². The zero-order chi connectivity index (χ0) is 11.8. The summed E-state index contributed by atoms with van der Waals surface area (Å²) in [4.78, 5) is 0. The summed E-state index contributed by atoms with van der Waals surface area (Å²) in [5, 5.41) is 1.43. The summed E-state index contributed by atoms with van der Waals surface area (Å²) >= 11 is 0. The molecule has 0 fully saturated rings. The van der Waals surface area contributed by atoms with Gasteiger partial charge in [-0.05, 0) is 24.5 Å². The van der Waals surface area contributed by atoms with Gasteiger partial charge in [0.2, 0.25) is 0 Å². The van der Waals surface area contributed by atoms with Gasteiger partial charge in [-0.15, -0.1) is 6.42 Å². The van der Waals surface area contributed by atoms with Crippen molar-refractivity contribution in [2.24, 2.45) is 0 Å². The smallest absolute Gasteiger partial charge is 0.159 e. The van der Waals surface area contributed by atoms with Crippen LogP contribution in [0.4, 0.5) is 0 Å². The first-order valence-electron chi connectivity index (χ1n) is 5.77. The van der Waals surface area contributed by atoms with Gasteiger partial charge in [-0.3, -0.25) is 0 Å². The predicted octanol–water partition coefficient (Wildman–Crippen LogP) is 2.56. The van der Waals surface area contributed by atoms with Crippen molar-refractivity contribution in [3.8, 4) is 18.1 Å². The molecule has 1 unspecified atom stereocenters. The molecule has 1 aliphatic heterocycles. The van der Waals surface area contributed by atoms with Crippen molar-refractivity contribution < 1.29 is 4.74 Å². The van der Waals surface area contributed by atoms with E-state index < -0.39 is 8.07 Å². The second-order valence-corrected chi connectivity index (χ2v) is 10.5. The maximum Gasteiger partial charge on any atom is 0.159 e. The number of benzene rings is 1. The van der Waals surface area contributed by atoms with E-state index in [1.54, 1.807) is 0 Å². The van der Waals surface area contributed by atoms with Crippen LogP contribution >= 0.6 is 0 Å². The van der Waals surface area contributed by atoms with Crippen molar-refractivity contribution in [1.29, 1.82) is 0 Å². The molecule has 1 aliphatic rings. The lowest BCUT2D eigenvalue weighted by molar-refractivity contribution is 0.228. The van der Waals surface area contributed by atoms with Crippen LogP contribution in [0.25, 0.3) is 0 Å².